The maximum atomic E-state index is 12.8. The van der Waals surface area contributed by atoms with Crippen molar-refractivity contribution in [3.05, 3.63) is 59.2 Å². The van der Waals surface area contributed by atoms with Gasteiger partial charge in [0, 0.05) is 0 Å². The minimum atomic E-state index is -3.92. The first-order chi connectivity index (χ1) is 12.7. The summed E-state index contributed by atoms with van der Waals surface area (Å²) in [4.78, 5) is 23.7. The van der Waals surface area contributed by atoms with Crippen LogP contribution in [0.5, 0.6) is 0 Å². The molecule has 2 aromatic carbocycles. The van der Waals surface area contributed by atoms with Crippen molar-refractivity contribution in [2.75, 3.05) is 4.72 Å². The quantitative estimate of drug-likeness (QED) is 0.673. The Labute approximate surface area is 158 Å². The number of nitrogens with one attached hydrogen (secondary N) is 2. The maximum absolute atomic E-state index is 12.8. The van der Waals surface area contributed by atoms with Crippen molar-refractivity contribution >= 4 is 27.6 Å². The van der Waals surface area contributed by atoms with E-state index in [1.54, 1.807) is 45.0 Å². The van der Waals surface area contributed by atoms with Gasteiger partial charge < -0.3 is 10.4 Å². The summed E-state index contributed by atoms with van der Waals surface area (Å²) in [5.41, 5.74) is 1.49. The molecule has 0 saturated heterocycles. The minimum Gasteiger partial charge on any atom is -0.480 e. The van der Waals surface area contributed by atoms with Gasteiger partial charge in [0.15, 0.2) is 0 Å². The highest BCUT2D eigenvalue weighted by Gasteiger charge is 2.23. The number of aryl methyl sites for hydroxylation is 2. The molecular formula is C19H22N2O5S. The summed E-state index contributed by atoms with van der Waals surface area (Å²) < 4.78 is 28.0. The van der Waals surface area contributed by atoms with Crippen LogP contribution in [-0.4, -0.2) is 31.4 Å². The van der Waals surface area contributed by atoms with Crippen LogP contribution in [0.2, 0.25) is 0 Å². The average Bonchev–Trinajstić information content (AvgIpc) is 2.61. The van der Waals surface area contributed by atoms with Crippen molar-refractivity contribution in [2.24, 2.45) is 0 Å². The second-order valence-corrected chi connectivity index (χ2v) is 7.84. The molecule has 0 fully saturated rings. The lowest BCUT2D eigenvalue weighted by atomic mass is 10.1. The van der Waals surface area contributed by atoms with Crippen LogP contribution in [0, 0.1) is 13.8 Å². The van der Waals surface area contributed by atoms with Crippen molar-refractivity contribution in [2.45, 2.75) is 38.1 Å². The standard InChI is InChI=1S/C19H22N2O5S/c1-4-15(19(23)24)20-18(22)14-7-5-6-8-16(14)21-27(25,26)17-11-12(2)9-10-13(17)3/h5-11,15,21H,4H2,1-3H3,(H,20,22)(H,23,24). The third-order valence-electron chi connectivity index (χ3n) is 4.06. The first kappa shape index (κ1) is 20.4. The number of amides is 1. The molecule has 2 aromatic rings. The van der Waals surface area contributed by atoms with E-state index in [9.17, 15) is 18.0 Å². The molecule has 8 heteroatoms. The first-order valence-electron chi connectivity index (χ1n) is 8.38. The molecule has 0 aliphatic heterocycles. The summed E-state index contributed by atoms with van der Waals surface area (Å²) in [6, 6.07) is 10.1. The molecule has 0 bridgehead atoms. The SMILES string of the molecule is CCC(NC(=O)c1ccccc1NS(=O)(=O)c1cc(C)ccc1C)C(=O)O. The Hall–Kier alpha value is -2.87. The van der Waals surface area contributed by atoms with Gasteiger partial charge in [-0.1, -0.05) is 31.2 Å². The Morgan fingerprint density at radius 3 is 2.41 bits per heavy atom. The van der Waals surface area contributed by atoms with Gasteiger partial charge in [-0.05, 0) is 49.6 Å². The average molecular weight is 390 g/mol. The number of hydrogen-bond donors (Lipinski definition) is 3. The number of carboxylic acids is 1. The predicted molar refractivity (Wildman–Crippen MR) is 102 cm³/mol. The highest BCUT2D eigenvalue weighted by molar-refractivity contribution is 7.92. The van der Waals surface area contributed by atoms with Crippen molar-refractivity contribution in [3.8, 4) is 0 Å². The van der Waals surface area contributed by atoms with E-state index in [4.69, 9.17) is 5.11 Å². The van der Waals surface area contributed by atoms with Crippen LogP contribution in [-0.2, 0) is 14.8 Å². The zero-order valence-electron chi connectivity index (χ0n) is 15.3. The minimum absolute atomic E-state index is 0.0473. The Morgan fingerprint density at radius 2 is 1.78 bits per heavy atom. The summed E-state index contributed by atoms with van der Waals surface area (Å²) in [5, 5.41) is 11.5. The molecule has 0 aliphatic rings. The van der Waals surface area contributed by atoms with Crippen molar-refractivity contribution in [1.29, 1.82) is 0 Å². The van der Waals surface area contributed by atoms with E-state index in [2.05, 4.69) is 10.0 Å². The van der Waals surface area contributed by atoms with Gasteiger partial charge in [0.25, 0.3) is 15.9 Å². The number of aliphatic carboxylic acids is 1. The Morgan fingerprint density at radius 1 is 1.11 bits per heavy atom. The molecular weight excluding hydrogens is 368 g/mol. The number of sulfonamides is 1. The molecule has 0 aliphatic carbocycles. The number of benzene rings is 2. The van der Waals surface area contributed by atoms with Crippen molar-refractivity contribution < 1.29 is 23.1 Å². The number of carbonyl (C=O) groups excluding carboxylic acids is 1. The molecule has 27 heavy (non-hydrogen) atoms. The largest absolute Gasteiger partial charge is 0.480 e. The summed E-state index contributed by atoms with van der Waals surface area (Å²) in [6.45, 7) is 5.11. The molecule has 7 nitrogen and oxygen atoms in total. The molecule has 1 atom stereocenters. The summed E-state index contributed by atoms with van der Waals surface area (Å²) in [7, 11) is -3.92. The molecule has 1 unspecified atom stereocenters. The fourth-order valence-corrected chi connectivity index (χ4v) is 3.95. The second kappa shape index (κ2) is 8.22. The number of carbonyl (C=O) groups is 2. The molecule has 2 rings (SSSR count). The Kier molecular flexibility index (Phi) is 6.22. The predicted octanol–water partition coefficient (Wildman–Crippen LogP) is 2.70. The lowest BCUT2D eigenvalue weighted by Gasteiger charge is -2.16. The van der Waals surface area contributed by atoms with Gasteiger partial charge in [0.1, 0.15) is 6.04 Å². The van der Waals surface area contributed by atoms with Crippen LogP contribution in [0.3, 0.4) is 0 Å². The monoisotopic (exact) mass is 390 g/mol. The van der Waals surface area contributed by atoms with Crippen LogP contribution < -0.4 is 10.0 Å². The van der Waals surface area contributed by atoms with Gasteiger partial charge in [-0.3, -0.25) is 9.52 Å². The number of anilines is 1. The van der Waals surface area contributed by atoms with Crippen LogP contribution in [0.15, 0.2) is 47.4 Å². The van der Waals surface area contributed by atoms with Gasteiger partial charge in [0.05, 0.1) is 16.1 Å². The van der Waals surface area contributed by atoms with E-state index >= 15 is 0 Å². The molecule has 1 amide bonds. The molecule has 0 heterocycles. The molecule has 0 aromatic heterocycles. The van der Waals surface area contributed by atoms with E-state index in [-0.39, 0.29) is 22.6 Å². The smallest absolute Gasteiger partial charge is 0.326 e. The Bertz CT molecular complexity index is 970. The molecule has 0 saturated carbocycles. The van der Waals surface area contributed by atoms with Gasteiger partial charge in [0.2, 0.25) is 0 Å². The van der Waals surface area contributed by atoms with Gasteiger partial charge >= 0.3 is 5.97 Å². The lowest BCUT2D eigenvalue weighted by Crippen LogP contribution is -2.40. The fraction of sp³-hybridized carbons (Fsp3) is 0.263. The fourth-order valence-electron chi connectivity index (χ4n) is 2.54. The summed E-state index contributed by atoms with van der Waals surface area (Å²) in [6.07, 6.45) is 0.206. The highest BCUT2D eigenvalue weighted by Crippen LogP contribution is 2.23. The molecule has 0 radical (unpaired) electrons. The van der Waals surface area contributed by atoms with Crippen molar-refractivity contribution in [3.63, 3.8) is 0 Å². The van der Waals surface area contributed by atoms with E-state index < -0.39 is 27.9 Å². The van der Waals surface area contributed by atoms with Crippen LogP contribution in [0.25, 0.3) is 0 Å². The topological polar surface area (TPSA) is 113 Å². The highest BCUT2D eigenvalue weighted by atomic mass is 32.2. The first-order valence-corrected chi connectivity index (χ1v) is 9.86. The second-order valence-electron chi connectivity index (χ2n) is 6.19. The van der Waals surface area contributed by atoms with Crippen LogP contribution in [0.1, 0.15) is 34.8 Å². The van der Waals surface area contributed by atoms with E-state index in [1.807, 2.05) is 6.07 Å². The van der Waals surface area contributed by atoms with Crippen molar-refractivity contribution in [1.82, 2.24) is 5.32 Å². The molecule has 144 valence electrons. The normalized spacial score (nSPS) is 12.3. The number of rotatable bonds is 7. The number of para-hydroxylation sites is 1. The third-order valence-corrected chi connectivity index (χ3v) is 5.57. The summed E-state index contributed by atoms with van der Waals surface area (Å²) in [5.74, 6) is -1.82. The molecule has 3 N–H and O–H groups in total. The van der Waals surface area contributed by atoms with Crippen LogP contribution >= 0.6 is 0 Å². The zero-order chi connectivity index (χ0) is 20.2. The van der Waals surface area contributed by atoms with Gasteiger partial charge in [-0.25, -0.2) is 13.2 Å². The van der Waals surface area contributed by atoms with Gasteiger partial charge in [-0.2, -0.15) is 0 Å². The zero-order valence-corrected chi connectivity index (χ0v) is 16.1. The van der Waals surface area contributed by atoms with Gasteiger partial charge in [-0.15, -0.1) is 0 Å². The summed E-state index contributed by atoms with van der Waals surface area (Å²) >= 11 is 0. The number of hydrogen-bond acceptors (Lipinski definition) is 4. The number of carboxylic acid groups (broad SMARTS) is 1. The van der Waals surface area contributed by atoms with E-state index in [0.717, 1.165) is 5.56 Å². The van der Waals surface area contributed by atoms with Crippen LogP contribution in [0.4, 0.5) is 5.69 Å². The molecule has 0 spiro atoms. The Balaban J connectivity index is 2.36. The van der Waals surface area contributed by atoms with E-state index in [1.165, 1.54) is 12.1 Å². The van der Waals surface area contributed by atoms with E-state index in [0.29, 0.717) is 5.56 Å². The lowest BCUT2D eigenvalue weighted by molar-refractivity contribution is -0.139. The maximum Gasteiger partial charge on any atom is 0.326 e. The third kappa shape index (κ3) is 4.85.